The lowest BCUT2D eigenvalue weighted by Crippen LogP contribution is -2.59. The van der Waals surface area contributed by atoms with Gasteiger partial charge in [-0.2, -0.15) is 0 Å². The first kappa shape index (κ1) is 14.1. The second-order valence-corrected chi connectivity index (χ2v) is 6.24. The molecule has 21 heavy (non-hydrogen) atoms. The smallest absolute Gasteiger partial charge is 0.339 e. The largest absolute Gasteiger partial charge is 0.478 e. The molecule has 2 fully saturated rings. The van der Waals surface area contributed by atoms with Gasteiger partial charge in [0.2, 0.25) is 0 Å². The van der Waals surface area contributed by atoms with Crippen molar-refractivity contribution in [2.24, 2.45) is 5.41 Å². The van der Waals surface area contributed by atoms with Crippen molar-refractivity contribution in [3.05, 3.63) is 23.4 Å². The highest BCUT2D eigenvalue weighted by atomic mass is 28.1. The Morgan fingerprint density at radius 2 is 2.14 bits per heavy atom. The Bertz CT molecular complexity index is 622. The maximum atomic E-state index is 11.5. The molecule has 1 aromatic rings. The molecule has 110 valence electrons. The van der Waals surface area contributed by atoms with E-state index in [4.69, 9.17) is 4.74 Å². The van der Waals surface area contributed by atoms with Crippen LogP contribution in [-0.2, 0) is 4.74 Å². The van der Waals surface area contributed by atoms with Crippen LogP contribution in [0.4, 0.5) is 5.82 Å². The zero-order chi connectivity index (χ0) is 14.9. The summed E-state index contributed by atoms with van der Waals surface area (Å²) in [7, 11) is 0.767. The second-order valence-electron chi connectivity index (χ2n) is 5.74. The Morgan fingerprint density at radius 1 is 1.43 bits per heavy atom. The van der Waals surface area contributed by atoms with Gasteiger partial charge in [0, 0.05) is 43.5 Å². The van der Waals surface area contributed by atoms with E-state index >= 15 is 0 Å². The third-order valence-electron chi connectivity index (χ3n) is 4.27. The fourth-order valence-electron chi connectivity index (χ4n) is 3.11. The van der Waals surface area contributed by atoms with Crippen molar-refractivity contribution in [2.45, 2.75) is 12.8 Å². The van der Waals surface area contributed by atoms with Gasteiger partial charge < -0.3 is 14.7 Å². The molecule has 2 aliphatic rings. The summed E-state index contributed by atoms with van der Waals surface area (Å²) in [6.07, 6.45) is 3.77. The molecule has 6 heteroatoms. The van der Waals surface area contributed by atoms with Crippen molar-refractivity contribution in [3.63, 3.8) is 0 Å². The van der Waals surface area contributed by atoms with E-state index in [0.717, 1.165) is 49.4 Å². The van der Waals surface area contributed by atoms with Crippen LogP contribution in [0.25, 0.3) is 0 Å². The van der Waals surface area contributed by atoms with Crippen LogP contribution < -0.4 is 4.90 Å². The molecule has 0 aliphatic carbocycles. The van der Waals surface area contributed by atoms with Gasteiger partial charge in [-0.25, -0.2) is 9.78 Å². The minimum atomic E-state index is -0.942. The highest BCUT2D eigenvalue weighted by molar-refractivity contribution is 6.22. The molecule has 1 aromatic heterocycles. The molecule has 0 bridgehead atoms. The lowest BCUT2D eigenvalue weighted by atomic mass is 9.73. The van der Waals surface area contributed by atoms with Gasteiger partial charge in [0.25, 0.3) is 0 Å². The summed E-state index contributed by atoms with van der Waals surface area (Å²) in [5.74, 6) is 2.54. The van der Waals surface area contributed by atoms with Crippen LogP contribution in [0.1, 0.15) is 28.8 Å². The van der Waals surface area contributed by atoms with E-state index in [0.29, 0.717) is 16.8 Å². The zero-order valence-corrected chi connectivity index (χ0v) is 14.1. The number of pyridine rings is 1. The number of aromatic nitrogens is 1. The number of carboxylic acids is 1. The van der Waals surface area contributed by atoms with Crippen LogP contribution in [0.2, 0.25) is 0 Å². The number of ether oxygens (including phenoxy) is 1. The minimum absolute atomic E-state index is 0.249. The number of anilines is 1. The summed E-state index contributed by atoms with van der Waals surface area (Å²) in [5, 5.41) is 9.40. The third kappa shape index (κ3) is 2.67. The van der Waals surface area contributed by atoms with Crippen LogP contribution >= 0.6 is 0 Å². The molecule has 2 saturated heterocycles. The average molecular weight is 302 g/mol. The lowest BCUT2D eigenvalue weighted by molar-refractivity contribution is -0.000567. The molecule has 2 aliphatic heterocycles. The van der Waals surface area contributed by atoms with Crippen molar-refractivity contribution in [2.75, 3.05) is 31.2 Å². The number of hydrogen-bond donors (Lipinski definition) is 1. The van der Waals surface area contributed by atoms with E-state index in [1.807, 2.05) is 0 Å². The van der Waals surface area contributed by atoms with Crippen LogP contribution in [0.3, 0.4) is 0 Å². The van der Waals surface area contributed by atoms with Gasteiger partial charge in [0.1, 0.15) is 11.4 Å². The first-order valence-corrected chi connectivity index (χ1v) is 8.12. The van der Waals surface area contributed by atoms with Gasteiger partial charge >= 0.3 is 5.97 Å². The first-order chi connectivity index (χ1) is 10.1. The fraction of sp³-hybridized carbons (Fsp3) is 0.467. The quantitative estimate of drug-likeness (QED) is 0.619. The van der Waals surface area contributed by atoms with Crippen molar-refractivity contribution in [1.29, 1.82) is 0 Å². The van der Waals surface area contributed by atoms with E-state index in [1.54, 1.807) is 12.3 Å². The van der Waals surface area contributed by atoms with Gasteiger partial charge in [0.15, 0.2) is 0 Å². The first-order valence-electron chi connectivity index (χ1n) is 7.12. The molecule has 1 spiro atoms. The molecule has 0 aromatic carbocycles. The minimum Gasteiger partial charge on any atom is -0.478 e. The summed E-state index contributed by atoms with van der Waals surface area (Å²) in [6, 6.07) is 1.63. The third-order valence-corrected chi connectivity index (χ3v) is 4.52. The highest BCUT2D eigenvalue weighted by Gasteiger charge is 2.45. The van der Waals surface area contributed by atoms with E-state index in [9.17, 15) is 9.90 Å². The van der Waals surface area contributed by atoms with Crippen molar-refractivity contribution >= 4 is 22.0 Å². The maximum Gasteiger partial charge on any atom is 0.339 e. The van der Waals surface area contributed by atoms with E-state index in [2.05, 4.69) is 21.3 Å². The predicted octanol–water partition coefficient (Wildman–Crippen LogP) is 0.0710. The molecule has 3 heterocycles. The zero-order valence-electron chi connectivity index (χ0n) is 12.1. The number of aromatic carboxylic acids is 1. The Morgan fingerprint density at radius 3 is 2.76 bits per heavy atom. The highest BCUT2D eigenvalue weighted by Crippen LogP contribution is 2.42. The molecular formula is C15H18N2O3Si. The summed E-state index contributed by atoms with van der Waals surface area (Å²) in [4.78, 5) is 17.9. The van der Waals surface area contributed by atoms with Crippen LogP contribution in [0.15, 0.2) is 12.3 Å². The van der Waals surface area contributed by atoms with Gasteiger partial charge in [0.05, 0.1) is 10.2 Å². The molecule has 5 nitrogen and oxygen atoms in total. The number of hydrogen-bond acceptors (Lipinski definition) is 4. The van der Waals surface area contributed by atoms with Gasteiger partial charge in [-0.15, -0.1) is 5.54 Å². The van der Waals surface area contributed by atoms with Gasteiger partial charge in [-0.1, -0.05) is 5.92 Å². The standard InChI is InChI=1S/C15H18N2O3Si/c18-14(19)12-7-11(1-6-21)8-16-13(12)17-9-15(10-17)2-4-20-5-3-15/h7-8H,2-5,9-10H2,21H3,(H,18,19). The fourth-order valence-corrected chi connectivity index (χ4v) is 3.40. The van der Waals surface area contributed by atoms with Crippen LogP contribution in [0, 0.1) is 16.9 Å². The molecular weight excluding hydrogens is 284 g/mol. The van der Waals surface area contributed by atoms with Crippen LogP contribution in [0.5, 0.6) is 0 Å². The van der Waals surface area contributed by atoms with E-state index in [-0.39, 0.29) is 5.56 Å². The molecule has 0 unspecified atom stereocenters. The Balaban J connectivity index is 1.82. The second kappa shape index (κ2) is 5.51. The monoisotopic (exact) mass is 302 g/mol. The Hall–Kier alpha value is -1.84. The molecule has 0 radical (unpaired) electrons. The van der Waals surface area contributed by atoms with Crippen LogP contribution in [-0.4, -0.2) is 52.6 Å². The molecule has 1 N–H and O–H groups in total. The SMILES string of the molecule is O=C(O)c1cc(C#C[SiH3])cnc1N1CC2(CCOCC2)C1. The topological polar surface area (TPSA) is 62.7 Å². The van der Waals surface area contributed by atoms with Gasteiger partial charge in [-0.05, 0) is 18.9 Å². The molecule has 0 saturated carbocycles. The van der Waals surface area contributed by atoms with E-state index in [1.165, 1.54) is 0 Å². The number of carboxylic acid groups (broad SMARTS) is 1. The van der Waals surface area contributed by atoms with Crippen molar-refractivity contribution in [1.82, 2.24) is 4.98 Å². The summed E-state index contributed by atoms with van der Waals surface area (Å²) < 4.78 is 5.41. The predicted molar refractivity (Wildman–Crippen MR) is 82.7 cm³/mol. The number of carbonyl (C=O) groups is 1. The summed E-state index contributed by atoms with van der Waals surface area (Å²) in [6.45, 7) is 3.36. The van der Waals surface area contributed by atoms with Gasteiger partial charge in [-0.3, -0.25) is 0 Å². The maximum absolute atomic E-state index is 11.5. The Labute approximate surface area is 126 Å². The van der Waals surface area contributed by atoms with E-state index < -0.39 is 5.97 Å². The normalized spacial score (nSPS) is 19.7. The number of rotatable bonds is 2. The molecule has 0 atom stereocenters. The molecule has 0 amide bonds. The Kier molecular flexibility index (Phi) is 3.70. The lowest BCUT2D eigenvalue weighted by Gasteiger charge is -2.52. The number of nitrogens with zero attached hydrogens (tertiary/aromatic N) is 2. The van der Waals surface area contributed by atoms with Crippen molar-refractivity contribution in [3.8, 4) is 11.5 Å². The van der Waals surface area contributed by atoms with Crippen molar-refractivity contribution < 1.29 is 14.6 Å². The summed E-state index contributed by atoms with van der Waals surface area (Å²) >= 11 is 0. The summed E-state index contributed by atoms with van der Waals surface area (Å²) in [5.41, 5.74) is 4.12. The average Bonchev–Trinajstić information content (AvgIpc) is 2.46. The molecule has 3 rings (SSSR count).